The number of ether oxygens (including phenoxy) is 1. The molecule has 0 bridgehead atoms. The maximum absolute atomic E-state index is 8.95. The summed E-state index contributed by atoms with van der Waals surface area (Å²) >= 11 is 0. The predicted octanol–water partition coefficient (Wildman–Crippen LogP) is 20.0. The van der Waals surface area contributed by atoms with Gasteiger partial charge in [-0.2, -0.15) is 6.07 Å². The summed E-state index contributed by atoms with van der Waals surface area (Å²) in [6.07, 6.45) is 24.3. The van der Waals surface area contributed by atoms with Crippen LogP contribution in [-0.4, -0.2) is 28.7 Å². The number of nitrogens with zero attached hydrogens (tertiary/aromatic N) is 5. The van der Waals surface area contributed by atoms with Gasteiger partial charge in [0.15, 0.2) is 14.6 Å². The minimum absolute atomic E-state index is 0. The molecular weight excluding hydrogens is 1300 g/mol. The molecule has 3 aliphatic rings. The normalized spacial score (nSPS) is 18.6. The summed E-state index contributed by atoms with van der Waals surface area (Å²) in [5.74, 6) is 5.36. The topological polar surface area (TPSA) is 62.5 Å². The fraction of sp³-hybridized carbons (Fsp3) is 0.259. The Balaban J connectivity index is 0.00000919. The summed E-state index contributed by atoms with van der Waals surface area (Å²) in [5.41, 5.74) is 17.4. The summed E-state index contributed by atoms with van der Waals surface area (Å²) < 4.78 is 37.5. The standard InChI is InChI=1S/C81H84B2N7O.Pt/c1-77(2,3)54-33-36-69-61(45-54)60-35-34-58(51-73(60)90(69)76-86-68-29-17-18-30-70(68)87(76)16)91-59-44-53(74-64(80(10,11)12)48-56(79(7,8)9)49-65(74)81(13,14)15)43-57(50-59)88-52-89(72-32-20-19-31-71(72)88)75-62(66-27-25-41-84-39-23-21-37-82-66)46-55(78(4,5)6)47-63(75)67-28-26-42-85-40-24-22-38-83-67;/h17-49,52,84-85H,1-16H3;/q-3;/b37-21-,38-22-,39-23-,40-24-,41-25-,42-26-,66-27-,67-28-;/i16D3;. The Morgan fingerprint density at radius 3 is 1.67 bits per heavy atom. The number of aryl methyl sites for hydroxylation is 1. The minimum atomic E-state index is -2.57. The first-order valence-electron chi connectivity index (χ1n) is 33.2. The maximum atomic E-state index is 8.95. The summed E-state index contributed by atoms with van der Waals surface area (Å²) in [4.78, 5) is 9.70. The number of aromatic nitrogens is 3. The van der Waals surface area contributed by atoms with Gasteiger partial charge in [0.25, 0.3) is 0 Å². The molecule has 0 saturated heterocycles. The fourth-order valence-electron chi connectivity index (χ4n) is 12.3. The molecule has 2 radical (unpaired) electrons. The van der Waals surface area contributed by atoms with Crippen molar-refractivity contribution in [2.75, 3.05) is 9.80 Å². The average molecular weight is 1390 g/mol. The zero-order valence-corrected chi connectivity index (χ0v) is 58.0. The zero-order chi connectivity index (χ0) is 66.9. The Kier molecular flexibility index (Phi) is 16.7. The number of imidazole rings is 1. The van der Waals surface area contributed by atoms with Crippen molar-refractivity contribution in [3.05, 3.63) is 258 Å². The van der Waals surface area contributed by atoms with E-state index in [0.29, 0.717) is 28.0 Å². The van der Waals surface area contributed by atoms with Crippen LogP contribution in [-0.2, 0) is 55.1 Å². The largest absolute Gasteiger partial charge is 0.509 e. The van der Waals surface area contributed by atoms with Crippen LogP contribution in [0.15, 0.2) is 201 Å². The Labute approximate surface area is 566 Å². The first-order valence-corrected chi connectivity index (χ1v) is 31.7. The molecule has 0 unspecified atom stereocenters. The third-order valence-electron chi connectivity index (χ3n) is 17.3. The van der Waals surface area contributed by atoms with Gasteiger partial charge in [-0.05, 0) is 144 Å². The van der Waals surface area contributed by atoms with E-state index in [9.17, 15) is 0 Å². The molecule has 11 heteroatoms. The van der Waals surface area contributed by atoms with Crippen molar-refractivity contribution in [3.63, 3.8) is 0 Å². The van der Waals surface area contributed by atoms with Gasteiger partial charge in [0.2, 0.25) is 5.95 Å². The van der Waals surface area contributed by atoms with E-state index in [-0.39, 0.29) is 54.1 Å². The molecule has 2 aromatic heterocycles. The molecule has 2 N–H and O–H groups in total. The summed E-state index contributed by atoms with van der Waals surface area (Å²) in [6.45, 7) is 33.8. The van der Waals surface area contributed by atoms with Crippen molar-refractivity contribution in [1.82, 2.24) is 24.8 Å². The molecule has 0 saturated carbocycles. The SMILES string of the molecule is [2H]C([2H])([2H])n1c(-n2c3[c-]c(Oc4[c-]c(N5[CH-]N(c6c(/C7=C/C=C\N/C=C\C=C/[B]7)cc(C(C)(C)C)cc6/C6=C/C=C\N/C=C\C=C/[B]6)c6ccccc65)cc(-c5c(C(C)(C)C)cc(C(C)(C)C)cc5C(C)(C)C)c4)ccc3c3cc(C(C)(C)C)ccc32)nc2ccccc21.[Pt]. The Morgan fingerprint density at radius 1 is 0.522 bits per heavy atom. The van der Waals surface area contributed by atoms with Gasteiger partial charge in [0.05, 0.1) is 11.0 Å². The van der Waals surface area contributed by atoms with Crippen LogP contribution in [0.4, 0.5) is 22.7 Å². The second-order valence-electron chi connectivity index (χ2n) is 29.2. The van der Waals surface area contributed by atoms with Crippen LogP contribution in [0.3, 0.4) is 0 Å². The van der Waals surface area contributed by atoms with Crippen LogP contribution in [0.1, 0.15) is 147 Å². The van der Waals surface area contributed by atoms with Gasteiger partial charge < -0.3 is 34.3 Å². The third-order valence-corrected chi connectivity index (χ3v) is 17.3. The number of hydrogen-bond acceptors (Lipinski definition) is 6. The quantitative estimate of drug-likeness (QED) is 0.117. The summed E-state index contributed by atoms with van der Waals surface area (Å²) in [5, 5.41) is 8.42. The molecule has 7 aromatic carbocycles. The van der Waals surface area contributed by atoms with Gasteiger partial charge in [0.1, 0.15) is 0 Å². The Morgan fingerprint density at radius 2 is 1.09 bits per heavy atom. The summed E-state index contributed by atoms with van der Waals surface area (Å²) in [6, 6.07) is 48.1. The van der Waals surface area contributed by atoms with Crippen LogP contribution in [0.2, 0.25) is 0 Å². The second-order valence-corrected chi connectivity index (χ2v) is 29.2. The number of hydrogen-bond donors (Lipinski definition) is 2. The van der Waals surface area contributed by atoms with Crippen molar-refractivity contribution in [2.24, 2.45) is 6.98 Å². The van der Waals surface area contributed by atoms with E-state index in [0.717, 1.165) is 77.8 Å². The molecule has 92 heavy (non-hydrogen) atoms. The van der Waals surface area contributed by atoms with E-state index in [4.69, 9.17) is 13.8 Å². The van der Waals surface area contributed by atoms with E-state index in [1.807, 2.05) is 84.0 Å². The summed E-state index contributed by atoms with van der Waals surface area (Å²) in [7, 11) is 4.39. The van der Waals surface area contributed by atoms with Crippen molar-refractivity contribution >= 4 is 81.1 Å². The van der Waals surface area contributed by atoms with E-state index in [1.54, 1.807) is 0 Å². The molecule has 468 valence electrons. The predicted molar refractivity (Wildman–Crippen MR) is 388 cm³/mol. The van der Waals surface area contributed by atoms with Gasteiger partial charge in [-0.15, -0.1) is 65.6 Å². The molecule has 0 fully saturated rings. The van der Waals surface area contributed by atoms with E-state index >= 15 is 0 Å². The van der Waals surface area contributed by atoms with Crippen LogP contribution in [0.5, 0.6) is 11.5 Å². The van der Waals surface area contributed by atoms with Crippen LogP contribution < -0.4 is 25.2 Å². The molecule has 9 aromatic rings. The van der Waals surface area contributed by atoms with Gasteiger partial charge in [-0.1, -0.05) is 193 Å². The number of rotatable bonds is 8. The number of fused-ring (bicyclic) bond motifs is 5. The monoisotopic (exact) mass is 1390 g/mol. The van der Waals surface area contributed by atoms with E-state index < -0.39 is 6.98 Å². The third kappa shape index (κ3) is 13.0. The fourth-order valence-corrected chi connectivity index (χ4v) is 12.3. The smallest absolute Gasteiger partial charge is 0.213 e. The average Bonchev–Trinajstić information content (AvgIpc) is 1.64. The molecular formula is C81H84B2N7OPt-3. The molecule has 3 aliphatic heterocycles. The zero-order valence-electron chi connectivity index (χ0n) is 58.7. The number of para-hydroxylation sites is 4. The molecule has 0 aliphatic carbocycles. The van der Waals surface area contributed by atoms with Gasteiger partial charge >= 0.3 is 0 Å². The Hall–Kier alpha value is -8.45. The van der Waals surface area contributed by atoms with Crippen molar-refractivity contribution in [3.8, 4) is 28.6 Å². The van der Waals surface area contributed by atoms with Gasteiger partial charge in [0, 0.05) is 91.0 Å². The number of nitrogens with one attached hydrogen (secondary N) is 2. The number of benzene rings is 7. The van der Waals surface area contributed by atoms with Crippen LogP contribution >= 0.6 is 0 Å². The van der Waals surface area contributed by atoms with Gasteiger partial charge in [-0.25, -0.2) is 4.98 Å². The first kappa shape index (κ1) is 61.1. The van der Waals surface area contributed by atoms with Crippen molar-refractivity contribution in [2.45, 2.75) is 131 Å². The Bertz CT molecular complexity index is 4600. The van der Waals surface area contributed by atoms with Crippen molar-refractivity contribution < 1.29 is 29.9 Å². The molecule has 0 spiro atoms. The maximum Gasteiger partial charge on any atom is 0.213 e. The first-order chi connectivity index (χ1) is 44.4. The molecule has 0 atom stereocenters. The molecule has 8 nitrogen and oxygen atoms in total. The van der Waals surface area contributed by atoms with Gasteiger partial charge in [-0.3, -0.25) is 0 Å². The molecule has 0 amide bonds. The second kappa shape index (κ2) is 25.2. The van der Waals surface area contributed by atoms with E-state index in [1.165, 1.54) is 26.8 Å². The van der Waals surface area contributed by atoms with Crippen molar-refractivity contribution in [1.29, 1.82) is 0 Å². The molecule has 12 rings (SSSR count). The van der Waals surface area contributed by atoms with E-state index in [2.05, 4.69) is 279 Å². The number of anilines is 4. The number of allylic oxidation sites excluding steroid dienone is 8. The van der Waals surface area contributed by atoms with Crippen LogP contribution in [0.25, 0.3) is 60.9 Å². The van der Waals surface area contributed by atoms with Crippen LogP contribution in [0, 0.1) is 18.8 Å². The molecule has 5 heterocycles. The minimum Gasteiger partial charge on any atom is -0.509 e.